The van der Waals surface area contributed by atoms with E-state index >= 15 is 0 Å². The smallest absolute Gasteiger partial charge is 0.188 e. The summed E-state index contributed by atoms with van der Waals surface area (Å²) in [6.45, 7) is 0.520. The third kappa shape index (κ3) is 4.83. The first kappa shape index (κ1) is 14.8. The Labute approximate surface area is 120 Å². The van der Waals surface area contributed by atoms with Gasteiger partial charge >= 0.3 is 0 Å². The Morgan fingerprint density at radius 3 is 2.60 bits per heavy atom. The molecule has 1 aromatic rings. The van der Waals surface area contributed by atoms with Crippen LogP contribution in [0.2, 0.25) is 0 Å². The third-order valence-electron chi connectivity index (χ3n) is 3.83. The number of rotatable bonds is 4. The van der Waals surface area contributed by atoms with Crippen molar-refractivity contribution in [3.8, 4) is 0 Å². The number of aliphatic imine (C=N–C) groups is 1. The van der Waals surface area contributed by atoms with Gasteiger partial charge in [-0.2, -0.15) is 0 Å². The van der Waals surface area contributed by atoms with Crippen LogP contribution in [0, 0.1) is 5.82 Å². The molecule has 1 aliphatic rings. The molecule has 1 aromatic carbocycles. The fourth-order valence-electron chi connectivity index (χ4n) is 2.68. The molecule has 1 aliphatic carbocycles. The van der Waals surface area contributed by atoms with E-state index in [2.05, 4.69) is 10.3 Å². The average Bonchev–Trinajstić information content (AvgIpc) is 2.69. The van der Waals surface area contributed by atoms with E-state index in [1.165, 1.54) is 44.6 Å². The lowest BCUT2D eigenvalue weighted by molar-refractivity contribution is 0.530. The highest BCUT2D eigenvalue weighted by Gasteiger charge is 2.12. The molecule has 0 aromatic heterocycles. The van der Waals surface area contributed by atoms with Gasteiger partial charge in [0.1, 0.15) is 5.82 Å². The second-order valence-corrected chi connectivity index (χ2v) is 5.44. The van der Waals surface area contributed by atoms with Crippen LogP contribution in [0.15, 0.2) is 29.3 Å². The van der Waals surface area contributed by atoms with E-state index in [9.17, 15) is 4.39 Å². The lowest BCUT2D eigenvalue weighted by Gasteiger charge is -2.16. The van der Waals surface area contributed by atoms with E-state index in [1.807, 2.05) is 6.07 Å². The Morgan fingerprint density at radius 2 is 1.90 bits per heavy atom. The van der Waals surface area contributed by atoms with Crippen molar-refractivity contribution in [3.63, 3.8) is 0 Å². The Balaban J connectivity index is 1.77. The maximum Gasteiger partial charge on any atom is 0.188 e. The number of nitrogens with two attached hydrogens (primary N) is 1. The fraction of sp³-hybridized carbons (Fsp3) is 0.562. The molecule has 0 bridgehead atoms. The second kappa shape index (κ2) is 7.88. The normalized spacial score (nSPS) is 17.8. The molecule has 2 rings (SSSR count). The number of hydrogen-bond donors (Lipinski definition) is 2. The molecule has 0 unspecified atom stereocenters. The first-order valence-corrected chi connectivity index (χ1v) is 7.55. The first-order chi connectivity index (χ1) is 9.75. The zero-order chi connectivity index (χ0) is 14.2. The van der Waals surface area contributed by atoms with Gasteiger partial charge in [-0.05, 0) is 30.9 Å². The van der Waals surface area contributed by atoms with Gasteiger partial charge < -0.3 is 11.1 Å². The number of nitrogens with zero attached hydrogens (tertiary/aromatic N) is 1. The first-order valence-electron chi connectivity index (χ1n) is 7.55. The van der Waals surface area contributed by atoms with E-state index < -0.39 is 0 Å². The van der Waals surface area contributed by atoms with Crippen LogP contribution in [0.1, 0.15) is 44.1 Å². The molecule has 3 nitrogen and oxygen atoms in total. The van der Waals surface area contributed by atoms with Crippen molar-refractivity contribution in [1.29, 1.82) is 0 Å². The average molecular weight is 277 g/mol. The van der Waals surface area contributed by atoms with E-state index in [0.717, 1.165) is 0 Å². The molecule has 0 atom stereocenters. The molecule has 0 amide bonds. The van der Waals surface area contributed by atoms with E-state index in [4.69, 9.17) is 5.73 Å². The summed E-state index contributed by atoms with van der Waals surface area (Å²) in [5, 5.41) is 3.29. The zero-order valence-electron chi connectivity index (χ0n) is 11.9. The summed E-state index contributed by atoms with van der Waals surface area (Å²) >= 11 is 0. The topological polar surface area (TPSA) is 50.4 Å². The molecule has 1 fully saturated rings. The van der Waals surface area contributed by atoms with Crippen molar-refractivity contribution in [3.05, 3.63) is 35.6 Å². The molecular formula is C16H24FN3. The molecule has 0 spiro atoms. The summed E-state index contributed by atoms with van der Waals surface area (Å²) in [7, 11) is 0. The largest absolute Gasteiger partial charge is 0.370 e. The molecule has 1 saturated carbocycles. The quantitative estimate of drug-likeness (QED) is 0.505. The van der Waals surface area contributed by atoms with E-state index in [-0.39, 0.29) is 5.82 Å². The molecule has 0 heterocycles. The molecule has 110 valence electrons. The molecule has 0 radical (unpaired) electrons. The van der Waals surface area contributed by atoms with Crippen molar-refractivity contribution in [1.82, 2.24) is 5.32 Å². The van der Waals surface area contributed by atoms with Crippen molar-refractivity contribution >= 4 is 5.96 Å². The maximum atomic E-state index is 13.4. The fourth-order valence-corrected chi connectivity index (χ4v) is 2.68. The van der Waals surface area contributed by atoms with E-state index in [1.54, 1.807) is 12.1 Å². The minimum atomic E-state index is -0.169. The van der Waals surface area contributed by atoms with Crippen molar-refractivity contribution in [2.45, 2.75) is 51.0 Å². The van der Waals surface area contributed by atoms with Crippen LogP contribution < -0.4 is 11.1 Å². The maximum absolute atomic E-state index is 13.4. The summed E-state index contributed by atoms with van der Waals surface area (Å²) < 4.78 is 13.4. The van der Waals surface area contributed by atoms with Gasteiger partial charge in [-0.3, -0.25) is 4.99 Å². The van der Waals surface area contributed by atoms with Gasteiger partial charge in [-0.15, -0.1) is 0 Å². The highest BCUT2D eigenvalue weighted by molar-refractivity contribution is 5.78. The number of benzene rings is 1. The summed E-state index contributed by atoms with van der Waals surface area (Å²) in [4.78, 5) is 4.30. The number of halogens is 1. The molecule has 3 N–H and O–H groups in total. The molecule has 4 heteroatoms. The number of guanidine groups is 1. The van der Waals surface area contributed by atoms with Crippen molar-refractivity contribution in [2.75, 3.05) is 6.54 Å². The third-order valence-corrected chi connectivity index (χ3v) is 3.83. The Bertz CT molecular complexity index is 437. The van der Waals surface area contributed by atoms with E-state index in [0.29, 0.717) is 30.5 Å². The van der Waals surface area contributed by atoms with Crippen LogP contribution in [-0.2, 0) is 6.42 Å². The van der Waals surface area contributed by atoms with Gasteiger partial charge in [0.05, 0.1) is 0 Å². The van der Waals surface area contributed by atoms with Crippen LogP contribution in [0.4, 0.5) is 4.39 Å². The van der Waals surface area contributed by atoms with Crippen molar-refractivity contribution < 1.29 is 4.39 Å². The molecule has 20 heavy (non-hydrogen) atoms. The van der Waals surface area contributed by atoms with Crippen LogP contribution in [0.25, 0.3) is 0 Å². The van der Waals surface area contributed by atoms with Gasteiger partial charge in [0.25, 0.3) is 0 Å². The predicted molar refractivity (Wildman–Crippen MR) is 81.2 cm³/mol. The van der Waals surface area contributed by atoms with Crippen LogP contribution >= 0.6 is 0 Å². The van der Waals surface area contributed by atoms with Gasteiger partial charge in [0, 0.05) is 12.6 Å². The lowest BCUT2D eigenvalue weighted by atomic mass is 10.1. The number of hydrogen-bond acceptors (Lipinski definition) is 1. The van der Waals surface area contributed by atoms with Gasteiger partial charge in [-0.1, -0.05) is 43.9 Å². The van der Waals surface area contributed by atoms with Crippen LogP contribution in [0.3, 0.4) is 0 Å². The highest BCUT2D eigenvalue weighted by Crippen LogP contribution is 2.16. The SMILES string of the molecule is NC(=NCCc1ccccc1F)NC1CCCCCC1. The molecular weight excluding hydrogens is 253 g/mol. The van der Waals surface area contributed by atoms with Crippen molar-refractivity contribution in [2.24, 2.45) is 10.7 Å². The summed E-state index contributed by atoms with van der Waals surface area (Å²) in [5.74, 6) is 0.325. The summed E-state index contributed by atoms with van der Waals surface area (Å²) in [6, 6.07) is 7.26. The Kier molecular flexibility index (Phi) is 5.84. The van der Waals surface area contributed by atoms with Crippen LogP contribution in [-0.4, -0.2) is 18.5 Å². The van der Waals surface area contributed by atoms with Gasteiger partial charge in [0.15, 0.2) is 5.96 Å². The van der Waals surface area contributed by atoms with Gasteiger partial charge in [0.2, 0.25) is 0 Å². The highest BCUT2D eigenvalue weighted by atomic mass is 19.1. The molecule has 0 aliphatic heterocycles. The monoisotopic (exact) mass is 277 g/mol. The summed E-state index contributed by atoms with van der Waals surface area (Å²) in [6.07, 6.45) is 8.10. The minimum absolute atomic E-state index is 0.169. The zero-order valence-corrected chi connectivity index (χ0v) is 11.9. The number of nitrogens with one attached hydrogen (secondary N) is 1. The standard InChI is InChI=1S/C16H24FN3/c17-15-10-6-5-7-13(15)11-12-19-16(18)20-14-8-3-1-2-4-9-14/h5-7,10,14H,1-4,8-9,11-12H2,(H3,18,19,20). The molecule has 0 saturated heterocycles. The Morgan fingerprint density at radius 1 is 1.20 bits per heavy atom. The van der Waals surface area contributed by atoms with Gasteiger partial charge in [-0.25, -0.2) is 4.39 Å². The predicted octanol–water partition coefficient (Wildman–Crippen LogP) is 3.00. The minimum Gasteiger partial charge on any atom is -0.370 e. The summed E-state index contributed by atoms with van der Waals surface area (Å²) in [5.41, 5.74) is 6.60. The van der Waals surface area contributed by atoms with Crippen LogP contribution in [0.5, 0.6) is 0 Å². The Hall–Kier alpha value is -1.58. The lowest BCUT2D eigenvalue weighted by Crippen LogP contribution is -2.40. The second-order valence-electron chi connectivity index (χ2n) is 5.44.